The normalized spacial score (nSPS) is 14.4. The van der Waals surface area contributed by atoms with Gasteiger partial charge in [0.1, 0.15) is 0 Å². The van der Waals surface area contributed by atoms with Gasteiger partial charge in [-0.05, 0) is 19.9 Å². The lowest BCUT2D eigenvalue weighted by Gasteiger charge is -2.07. The minimum atomic E-state index is -4.38. The highest BCUT2D eigenvalue weighted by Gasteiger charge is 2.34. The Morgan fingerprint density at radius 3 is 2.50 bits per heavy atom. The smallest absolute Gasteiger partial charge is 0.326 e. The molecule has 0 radical (unpaired) electrons. The van der Waals surface area contributed by atoms with Crippen molar-refractivity contribution in [3.05, 3.63) is 17.5 Å². The van der Waals surface area contributed by atoms with Gasteiger partial charge in [-0.25, -0.2) is 0 Å². The van der Waals surface area contributed by atoms with Crippen LogP contribution >= 0.6 is 0 Å². The van der Waals surface area contributed by atoms with E-state index in [0.29, 0.717) is 12.2 Å². The van der Waals surface area contributed by atoms with Gasteiger partial charge in [0.25, 0.3) is 0 Å². The van der Waals surface area contributed by atoms with Gasteiger partial charge in [0, 0.05) is 11.7 Å². The third-order valence-electron chi connectivity index (χ3n) is 1.73. The topological polar surface area (TPSA) is 43.8 Å². The van der Waals surface area contributed by atoms with Gasteiger partial charge in [0.2, 0.25) is 0 Å². The highest BCUT2D eigenvalue weighted by atomic mass is 19.4. The first-order chi connectivity index (χ1) is 6.30. The molecule has 0 spiro atoms. The van der Waals surface area contributed by atoms with Gasteiger partial charge in [0.05, 0.1) is 6.54 Å². The van der Waals surface area contributed by atoms with Crippen LogP contribution in [-0.4, -0.2) is 15.8 Å². The summed E-state index contributed by atoms with van der Waals surface area (Å²) in [5.41, 5.74) is 5.07. The molecule has 0 aromatic carbocycles. The zero-order chi connectivity index (χ0) is 10.9. The van der Waals surface area contributed by atoms with Crippen molar-refractivity contribution < 1.29 is 13.2 Å². The van der Waals surface area contributed by atoms with Crippen molar-refractivity contribution in [2.24, 2.45) is 5.73 Å². The SMILES string of the molecule is Cc1cc(C(F)(F)F)nn1C[C@H](C)N. The van der Waals surface area contributed by atoms with Crippen molar-refractivity contribution in [3.8, 4) is 0 Å². The van der Waals surface area contributed by atoms with Crippen molar-refractivity contribution in [1.29, 1.82) is 0 Å². The fraction of sp³-hybridized carbons (Fsp3) is 0.625. The van der Waals surface area contributed by atoms with E-state index in [4.69, 9.17) is 5.73 Å². The number of halogens is 3. The Hall–Kier alpha value is -1.04. The molecular weight excluding hydrogens is 195 g/mol. The molecule has 1 heterocycles. The van der Waals surface area contributed by atoms with Crippen LogP contribution in [0, 0.1) is 6.92 Å². The maximum atomic E-state index is 12.2. The zero-order valence-corrected chi connectivity index (χ0v) is 7.97. The second-order valence-electron chi connectivity index (χ2n) is 3.33. The first kappa shape index (κ1) is 11.0. The molecule has 1 aromatic rings. The summed E-state index contributed by atoms with van der Waals surface area (Å²) < 4.78 is 37.9. The maximum Gasteiger partial charge on any atom is 0.435 e. The van der Waals surface area contributed by atoms with Crippen LogP contribution in [0.4, 0.5) is 13.2 Å². The molecule has 2 N–H and O–H groups in total. The molecule has 0 aliphatic heterocycles. The molecule has 1 rings (SSSR count). The first-order valence-electron chi connectivity index (χ1n) is 4.18. The molecule has 0 bridgehead atoms. The molecule has 0 fully saturated rings. The summed E-state index contributed by atoms with van der Waals surface area (Å²) in [7, 11) is 0. The summed E-state index contributed by atoms with van der Waals surface area (Å²) in [6.45, 7) is 3.58. The van der Waals surface area contributed by atoms with Gasteiger partial charge in [-0.2, -0.15) is 18.3 Å². The number of hydrogen-bond acceptors (Lipinski definition) is 2. The Bertz CT molecular complexity index is 314. The van der Waals surface area contributed by atoms with Gasteiger partial charge >= 0.3 is 6.18 Å². The summed E-state index contributed by atoms with van der Waals surface area (Å²) >= 11 is 0. The fourth-order valence-electron chi connectivity index (χ4n) is 1.11. The maximum absolute atomic E-state index is 12.2. The number of hydrogen-bond donors (Lipinski definition) is 1. The lowest BCUT2D eigenvalue weighted by Crippen LogP contribution is -2.23. The highest BCUT2D eigenvalue weighted by Crippen LogP contribution is 2.28. The number of aryl methyl sites for hydroxylation is 1. The van der Waals surface area contributed by atoms with Gasteiger partial charge in [-0.1, -0.05) is 0 Å². The monoisotopic (exact) mass is 207 g/mol. The standard InChI is InChI=1S/C8H12F3N3/c1-5(12)4-14-6(2)3-7(13-14)8(9,10)11/h3,5H,4,12H2,1-2H3/t5-/m0/s1. The first-order valence-corrected chi connectivity index (χ1v) is 4.18. The number of rotatable bonds is 2. The van der Waals surface area contributed by atoms with Crippen LogP contribution in [0.1, 0.15) is 18.3 Å². The number of alkyl halides is 3. The average Bonchev–Trinajstić information content (AvgIpc) is 2.30. The van der Waals surface area contributed by atoms with Gasteiger partial charge in [0.15, 0.2) is 5.69 Å². The molecule has 0 amide bonds. The van der Waals surface area contributed by atoms with E-state index in [1.165, 1.54) is 4.68 Å². The van der Waals surface area contributed by atoms with Crippen LogP contribution in [0.5, 0.6) is 0 Å². The summed E-state index contributed by atoms with van der Waals surface area (Å²) in [5, 5.41) is 3.43. The molecule has 0 unspecified atom stereocenters. The number of nitrogens with two attached hydrogens (primary N) is 1. The second-order valence-corrected chi connectivity index (χ2v) is 3.33. The van der Waals surface area contributed by atoms with Crippen LogP contribution in [-0.2, 0) is 12.7 Å². The number of aromatic nitrogens is 2. The third-order valence-corrected chi connectivity index (χ3v) is 1.73. The molecule has 1 aromatic heterocycles. The third kappa shape index (κ3) is 2.47. The van der Waals surface area contributed by atoms with Gasteiger partial charge in [-0.3, -0.25) is 4.68 Å². The predicted octanol–water partition coefficient (Wildman–Crippen LogP) is 1.56. The summed E-state index contributed by atoms with van der Waals surface area (Å²) in [6.07, 6.45) is -4.38. The summed E-state index contributed by atoms with van der Waals surface area (Å²) in [5.74, 6) is 0. The molecule has 3 nitrogen and oxygen atoms in total. The van der Waals surface area contributed by atoms with Crippen molar-refractivity contribution >= 4 is 0 Å². The minimum Gasteiger partial charge on any atom is -0.326 e. The van der Waals surface area contributed by atoms with Crippen LogP contribution < -0.4 is 5.73 Å². The van der Waals surface area contributed by atoms with Crippen LogP contribution in [0.15, 0.2) is 6.07 Å². The van der Waals surface area contributed by atoms with E-state index in [-0.39, 0.29) is 6.04 Å². The lowest BCUT2D eigenvalue weighted by molar-refractivity contribution is -0.141. The minimum absolute atomic E-state index is 0.213. The van der Waals surface area contributed by atoms with E-state index in [9.17, 15) is 13.2 Å². The highest BCUT2D eigenvalue weighted by molar-refractivity contribution is 5.11. The van der Waals surface area contributed by atoms with Crippen molar-refractivity contribution in [2.75, 3.05) is 0 Å². The average molecular weight is 207 g/mol. The predicted molar refractivity (Wildman–Crippen MR) is 45.6 cm³/mol. The second kappa shape index (κ2) is 3.61. The molecule has 0 saturated carbocycles. The Labute approximate surface area is 79.7 Å². The lowest BCUT2D eigenvalue weighted by atomic mass is 10.3. The van der Waals surface area contributed by atoms with E-state index in [1.807, 2.05) is 0 Å². The van der Waals surface area contributed by atoms with Crippen LogP contribution in [0.3, 0.4) is 0 Å². The van der Waals surface area contributed by atoms with Crippen molar-refractivity contribution in [1.82, 2.24) is 9.78 Å². The Morgan fingerprint density at radius 2 is 2.14 bits per heavy atom. The van der Waals surface area contributed by atoms with E-state index >= 15 is 0 Å². The van der Waals surface area contributed by atoms with Gasteiger partial charge < -0.3 is 5.73 Å². The van der Waals surface area contributed by atoms with Crippen LogP contribution in [0.2, 0.25) is 0 Å². The summed E-state index contributed by atoms with van der Waals surface area (Å²) in [6, 6.07) is 0.803. The summed E-state index contributed by atoms with van der Waals surface area (Å²) in [4.78, 5) is 0. The van der Waals surface area contributed by atoms with Crippen molar-refractivity contribution in [3.63, 3.8) is 0 Å². The molecule has 6 heteroatoms. The molecule has 14 heavy (non-hydrogen) atoms. The zero-order valence-electron chi connectivity index (χ0n) is 7.97. The molecule has 0 aliphatic rings. The quantitative estimate of drug-likeness (QED) is 0.799. The van der Waals surface area contributed by atoms with E-state index in [0.717, 1.165) is 6.07 Å². The fourth-order valence-corrected chi connectivity index (χ4v) is 1.11. The van der Waals surface area contributed by atoms with E-state index < -0.39 is 11.9 Å². The van der Waals surface area contributed by atoms with E-state index in [1.54, 1.807) is 13.8 Å². The Morgan fingerprint density at radius 1 is 1.57 bits per heavy atom. The molecular formula is C8H12F3N3. The van der Waals surface area contributed by atoms with E-state index in [2.05, 4.69) is 5.10 Å². The Balaban J connectivity index is 2.94. The van der Waals surface area contributed by atoms with Gasteiger partial charge in [-0.15, -0.1) is 0 Å². The molecule has 0 aliphatic carbocycles. The number of nitrogens with zero attached hydrogens (tertiary/aromatic N) is 2. The van der Waals surface area contributed by atoms with Crippen molar-refractivity contribution in [2.45, 2.75) is 32.6 Å². The Kier molecular flexibility index (Phi) is 2.84. The molecule has 0 saturated heterocycles. The molecule has 1 atom stereocenters. The largest absolute Gasteiger partial charge is 0.435 e. The molecule has 80 valence electrons. The van der Waals surface area contributed by atoms with Crippen LogP contribution in [0.25, 0.3) is 0 Å².